The molecule has 2 aliphatic carbocycles. The average Bonchev–Trinajstić information content (AvgIpc) is 2.96. The van der Waals surface area contributed by atoms with Gasteiger partial charge in [0.1, 0.15) is 12.2 Å². The monoisotopic (exact) mass is 482 g/mol. The van der Waals surface area contributed by atoms with Gasteiger partial charge in [-0.25, -0.2) is 0 Å². The number of ether oxygens (including phenoxy) is 3. The van der Waals surface area contributed by atoms with Crippen molar-refractivity contribution in [2.75, 3.05) is 0 Å². The maximum atomic E-state index is 12.8. The lowest BCUT2D eigenvalue weighted by molar-refractivity contribution is -0.209. The molecule has 0 radical (unpaired) electrons. The molecule has 0 aromatic carbocycles. The third kappa shape index (κ3) is 4.12. The third-order valence-corrected chi connectivity index (χ3v) is 8.06. The molecule has 1 heterocycles. The van der Waals surface area contributed by atoms with Gasteiger partial charge >= 0.3 is 17.9 Å². The Balaban J connectivity index is 2.31. The van der Waals surface area contributed by atoms with E-state index in [1.165, 1.54) is 26.8 Å². The molecule has 33 heavy (non-hydrogen) atoms. The van der Waals surface area contributed by atoms with Crippen LogP contribution in [0.1, 0.15) is 47.5 Å². The Kier molecular flexibility index (Phi) is 6.84. The van der Waals surface area contributed by atoms with Crippen molar-refractivity contribution >= 4 is 35.3 Å². The Hall–Kier alpha value is -2.19. The second kappa shape index (κ2) is 8.87. The maximum absolute atomic E-state index is 12.8. The highest BCUT2D eigenvalue weighted by molar-refractivity contribution is 6.23. The molecule has 1 unspecified atom stereocenters. The number of allylic oxidation sites excluding steroid dienone is 1. The van der Waals surface area contributed by atoms with Gasteiger partial charge in [-0.05, 0) is 25.8 Å². The molecule has 1 saturated carbocycles. The first-order valence-corrected chi connectivity index (χ1v) is 11.5. The van der Waals surface area contributed by atoms with Crippen LogP contribution in [0.4, 0.5) is 0 Å². The summed E-state index contributed by atoms with van der Waals surface area (Å²) in [4.78, 5) is 49.7. The van der Waals surface area contributed by atoms with Gasteiger partial charge in [0.05, 0.1) is 11.3 Å². The number of hydrogen-bond donors (Lipinski definition) is 1. The lowest BCUT2D eigenvalue weighted by Crippen LogP contribution is -2.65. The van der Waals surface area contributed by atoms with Crippen LogP contribution in [0.3, 0.4) is 0 Å². The Morgan fingerprint density at radius 1 is 1.21 bits per heavy atom. The van der Waals surface area contributed by atoms with E-state index < -0.39 is 70.4 Å². The standard InChI is InChI=1S/C24H31ClO8/c1-11-7-8-17(31-14(4)26)23(6)10-9-16(28)12(2)18(23)20(32-15(5)27)24(30)13(3)22(29)33-21(24)19(11)25/h9-10,12-13,17-21,30H,1,7-8H2,2-6H3/t12-,13-,17-,18+,19-,20?,21-,23+,24+/m0/s1. The first-order valence-electron chi connectivity index (χ1n) is 11.1. The zero-order chi connectivity index (χ0) is 24.9. The van der Waals surface area contributed by atoms with Crippen LogP contribution in [-0.4, -0.2) is 58.1 Å². The van der Waals surface area contributed by atoms with E-state index in [0.29, 0.717) is 18.4 Å². The fraction of sp³-hybridized carbons (Fsp3) is 0.667. The second-order valence-electron chi connectivity index (χ2n) is 9.61. The van der Waals surface area contributed by atoms with Crippen LogP contribution >= 0.6 is 11.6 Å². The number of ketones is 1. The molecule has 1 saturated heterocycles. The fourth-order valence-corrected chi connectivity index (χ4v) is 5.97. The van der Waals surface area contributed by atoms with E-state index in [1.54, 1.807) is 19.9 Å². The molecule has 9 atom stereocenters. The predicted molar refractivity (Wildman–Crippen MR) is 118 cm³/mol. The van der Waals surface area contributed by atoms with Crippen LogP contribution in [0.25, 0.3) is 0 Å². The van der Waals surface area contributed by atoms with Gasteiger partial charge in [-0.3, -0.25) is 19.2 Å². The quantitative estimate of drug-likeness (QED) is 0.276. The van der Waals surface area contributed by atoms with Crippen molar-refractivity contribution in [3.63, 3.8) is 0 Å². The minimum absolute atomic E-state index is 0.238. The van der Waals surface area contributed by atoms with Crippen molar-refractivity contribution in [2.45, 2.75) is 76.8 Å². The molecule has 1 N–H and O–H groups in total. The predicted octanol–water partition coefficient (Wildman–Crippen LogP) is 2.50. The van der Waals surface area contributed by atoms with Crippen LogP contribution < -0.4 is 0 Å². The van der Waals surface area contributed by atoms with Crippen molar-refractivity contribution in [1.29, 1.82) is 0 Å². The van der Waals surface area contributed by atoms with Gasteiger partial charge in [0.25, 0.3) is 0 Å². The van der Waals surface area contributed by atoms with Crippen molar-refractivity contribution in [3.05, 3.63) is 24.3 Å². The summed E-state index contributed by atoms with van der Waals surface area (Å²) in [6, 6.07) is 0. The molecule has 0 aromatic rings. The smallest absolute Gasteiger partial charge is 0.312 e. The molecule has 0 amide bonds. The van der Waals surface area contributed by atoms with Crippen LogP contribution in [0.2, 0.25) is 0 Å². The summed E-state index contributed by atoms with van der Waals surface area (Å²) in [5.74, 6) is -4.84. The lowest BCUT2D eigenvalue weighted by atomic mass is 9.56. The number of carbonyl (C=O) groups is 4. The minimum atomic E-state index is -2.05. The summed E-state index contributed by atoms with van der Waals surface area (Å²) in [7, 11) is 0. The topological polar surface area (TPSA) is 116 Å². The molecule has 1 aliphatic heterocycles. The number of carbonyl (C=O) groups excluding carboxylic acids is 4. The summed E-state index contributed by atoms with van der Waals surface area (Å²) in [5, 5.41) is 11.1. The second-order valence-corrected chi connectivity index (χ2v) is 10.1. The number of rotatable bonds is 2. The molecule has 0 aromatic heterocycles. The van der Waals surface area contributed by atoms with Crippen molar-refractivity contribution < 1.29 is 38.5 Å². The number of halogens is 1. The number of hydrogen-bond acceptors (Lipinski definition) is 8. The molecule has 0 bridgehead atoms. The van der Waals surface area contributed by atoms with Crippen molar-refractivity contribution in [3.8, 4) is 0 Å². The highest BCUT2D eigenvalue weighted by Gasteiger charge is 2.68. The Bertz CT molecular complexity index is 912. The molecule has 2 fully saturated rings. The van der Waals surface area contributed by atoms with Gasteiger partial charge in [-0.2, -0.15) is 0 Å². The van der Waals surface area contributed by atoms with Gasteiger partial charge in [0.2, 0.25) is 0 Å². The zero-order valence-corrected chi connectivity index (χ0v) is 20.3. The van der Waals surface area contributed by atoms with E-state index >= 15 is 0 Å². The molecular weight excluding hydrogens is 452 g/mol. The molecular formula is C24H31ClO8. The number of alkyl halides is 1. The first kappa shape index (κ1) is 25.4. The Morgan fingerprint density at radius 3 is 2.39 bits per heavy atom. The summed E-state index contributed by atoms with van der Waals surface area (Å²) in [6.45, 7) is 11.4. The maximum Gasteiger partial charge on any atom is 0.312 e. The van der Waals surface area contributed by atoms with E-state index in [4.69, 9.17) is 25.8 Å². The lowest BCUT2D eigenvalue weighted by Gasteiger charge is -2.52. The van der Waals surface area contributed by atoms with E-state index in [9.17, 15) is 24.3 Å². The van der Waals surface area contributed by atoms with Crippen LogP contribution in [0.15, 0.2) is 24.3 Å². The summed E-state index contributed by atoms with van der Waals surface area (Å²) < 4.78 is 16.9. The normalized spacial score (nSPS) is 43.2. The zero-order valence-electron chi connectivity index (χ0n) is 19.5. The Labute approximate surface area is 198 Å². The molecule has 8 nitrogen and oxygen atoms in total. The van der Waals surface area contributed by atoms with E-state index in [2.05, 4.69) is 6.58 Å². The fourth-order valence-electron chi connectivity index (χ4n) is 5.61. The molecule has 3 aliphatic rings. The minimum Gasteiger partial charge on any atom is -0.462 e. The molecule has 182 valence electrons. The number of esters is 3. The summed E-state index contributed by atoms with van der Waals surface area (Å²) in [6.07, 6.45) is 0.366. The average molecular weight is 483 g/mol. The van der Waals surface area contributed by atoms with Crippen molar-refractivity contribution in [2.24, 2.45) is 23.2 Å². The summed E-state index contributed by atoms with van der Waals surface area (Å²) in [5.41, 5.74) is -2.60. The van der Waals surface area contributed by atoms with Crippen molar-refractivity contribution in [1.82, 2.24) is 0 Å². The largest absolute Gasteiger partial charge is 0.462 e. The van der Waals surface area contributed by atoms with Crippen LogP contribution in [0.5, 0.6) is 0 Å². The Morgan fingerprint density at radius 2 is 1.82 bits per heavy atom. The first-order chi connectivity index (χ1) is 15.2. The number of fused-ring (bicyclic) bond motifs is 2. The van der Waals surface area contributed by atoms with Crippen LogP contribution in [0, 0.1) is 23.2 Å². The van der Waals surface area contributed by atoms with E-state index in [0.717, 1.165) is 0 Å². The van der Waals surface area contributed by atoms with E-state index in [1.807, 2.05) is 0 Å². The SMILES string of the molecule is C=C1CC[C@H](OC(C)=O)[C@@]2(C)C=CC(=O)[C@H](C)[C@@H]2C(OC(C)=O)[C@]2(O)[C@@H](C)C(=O)O[C@H]2[C@H]1Cl. The highest BCUT2D eigenvalue weighted by Crippen LogP contribution is 2.54. The van der Waals surface area contributed by atoms with Gasteiger partial charge < -0.3 is 19.3 Å². The summed E-state index contributed by atoms with van der Waals surface area (Å²) >= 11 is 6.66. The van der Waals surface area contributed by atoms with Gasteiger partial charge in [0, 0.05) is 31.1 Å². The highest BCUT2D eigenvalue weighted by atomic mass is 35.5. The molecule has 3 rings (SSSR count). The molecule has 0 spiro atoms. The van der Waals surface area contributed by atoms with Gasteiger partial charge in [0.15, 0.2) is 17.5 Å². The molecule has 9 heteroatoms. The third-order valence-electron chi connectivity index (χ3n) is 7.52. The van der Waals surface area contributed by atoms with Crippen LogP contribution in [-0.2, 0) is 33.4 Å². The van der Waals surface area contributed by atoms with Gasteiger partial charge in [-0.1, -0.05) is 32.1 Å². The number of aliphatic hydroxyl groups is 1. The van der Waals surface area contributed by atoms with Gasteiger partial charge in [-0.15, -0.1) is 11.6 Å². The van der Waals surface area contributed by atoms with E-state index in [-0.39, 0.29) is 5.78 Å².